The van der Waals surface area contributed by atoms with Gasteiger partial charge in [-0.2, -0.15) is 0 Å². The van der Waals surface area contributed by atoms with Gasteiger partial charge in [-0.1, -0.05) is 23.7 Å². The molecule has 2 aromatic carbocycles. The van der Waals surface area contributed by atoms with Gasteiger partial charge in [0.1, 0.15) is 11.9 Å². The van der Waals surface area contributed by atoms with E-state index in [1.807, 2.05) is 43.3 Å². The summed E-state index contributed by atoms with van der Waals surface area (Å²) in [5.41, 5.74) is 1.15. The number of nitrogens with one attached hydrogen (secondary N) is 1. The second-order valence-electron chi connectivity index (χ2n) is 5.24. The van der Waals surface area contributed by atoms with Crippen molar-refractivity contribution in [2.24, 2.45) is 0 Å². The van der Waals surface area contributed by atoms with Gasteiger partial charge >= 0.3 is 0 Å². The zero-order valence-corrected chi connectivity index (χ0v) is 12.7. The lowest BCUT2D eigenvalue weighted by molar-refractivity contribution is 0.215. The molecule has 0 bridgehead atoms. The highest BCUT2D eigenvalue weighted by Crippen LogP contribution is 2.35. The van der Waals surface area contributed by atoms with Gasteiger partial charge in [-0.15, -0.1) is 0 Å². The molecular formula is C17H18ClNO2. The molecule has 3 nitrogen and oxygen atoms in total. The van der Waals surface area contributed by atoms with E-state index in [1.54, 1.807) is 6.07 Å². The van der Waals surface area contributed by atoms with Crippen molar-refractivity contribution in [3.8, 4) is 17.2 Å². The van der Waals surface area contributed by atoms with Crippen LogP contribution in [0.3, 0.4) is 0 Å². The molecule has 1 fully saturated rings. The average Bonchev–Trinajstić information content (AvgIpc) is 2.95. The Balaban J connectivity index is 1.83. The van der Waals surface area contributed by atoms with E-state index in [9.17, 15) is 0 Å². The Morgan fingerprint density at radius 3 is 2.81 bits per heavy atom. The maximum atomic E-state index is 6.08. The van der Waals surface area contributed by atoms with Crippen LogP contribution in [0.4, 0.5) is 0 Å². The minimum Gasteiger partial charge on any atom is -0.485 e. The number of hydrogen-bond acceptors (Lipinski definition) is 3. The first-order valence-corrected chi connectivity index (χ1v) is 7.50. The zero-order valence-electron chi connectivity index (χ0n) is 11.9. The molecular weight excluding hydrogens is 286 g/mol. The molecule has 1 atom stereocenters. The number of rotatable bonds is 4. The second kappa shape index (κ2) is 6.37. The molecule has 110 valence electrons. The molecule has 1 unspecified atom stereocenters. The van der Waals surface area contributed by atoms with Crippen molar-refractivity contribution < 1.29 is 9.47 Å². The van der Waals surface area contributed by atoms with Gasteiger partial charge in [-0.25, -0.2) is 0 Å². The van der Waals surface area contributed by atoms with E-state index >= 15 is 0 Å². The zero-order chi connectivity index (χ0) is 14.7. The third-order valence-corrected chi connectivity index (χ3v) is 3.67. The molecule has 1 heterocycles. The molecule has 0 aromatic heterocycles. The molecule has 0 saturated carbocycles. The third-order valence-electron chi connectivity index (χ3n) is 3.43. The summed E-state index contributed by atoms with van der Waals surface area (Å²) in [5, 5.41) is 3.92. The highest BCUT2D eigenvalue weighted by Gasteiger charge is 2.18. The standard InChI is InChI=1S/C17H18ClNO2/c1-12-3-2-4-14(9-12)20-17-10-13(18)5-6-16(17)21-15-7-8-19-11-15/h2-6,9-10,15,19H,7-8,11H2,1H3. The second-order valence-corrected chi connectivity index (χ2v) is 5.68. The molecule has 2 aromatic rings. The van der Waals surface area contributed by atoms with E-state index < -0.39 is 0 Å². The molecule has 0 radical (unpaired) electrons. The van der Waals surface area contributed by atoms with E-state index in [0.717, 1.165) is 36.6 Å². The van der Waals surface area contributed by atoms with E-state index in [4.69, 9.17) is 21.1 Å². The van der Waals surface area contributed by atoms with Crippen LogP contribution in [0.15, 0.2) is 42.5 Å². The normalized spacial score (nSPS) is 17.7. The summed E-state index contributed by atoms with van der Waals surface area (Å²) in [6, 6.07) is 13.4. The van der Waals surface area contributed by atoms with Crippen molar-refractivity contribution in [3.05, 3.63) is 53.1 Å². The molecule has 21 heavy (non-hydrogen) atoms. The summed E-state index contributed by atoms with van der Waals surface area (Å²) in [6.07, 6.45) is 1.19. The minimum atomic E-state index is 0.186. The minimum absolute atomic E-state index is 0.186. The molecule has 3 rings (SSSR count). The fraction of sp³-hybridized carbons (Fsp3) is 0.294. The van der Waals surface area contributed by atoms with Crippen LogP contribution in [0, 0.1) is 6.92 Å². The highest BCUT2D eigenvalue weighted by molar-refractivity contribution is 6.30. The lowest BCUT2D eigenvalue weighted by Gasteiger charge is -2.16. The molecule has 0 spiro atoms. The Bertz CT molecular complexity index is 624. The number of benzene rings is 2. The van der Waals surface area contributed by atoms with Crippen molar-refractivity contribution in [1.29, 1.82) is 0 Å². The Labute approximate surface area is 129 Å². The maximum absolute atomic E-state index is 6.08. The van der Waals surface area contributed by atoms with Crippen LogP contribution in [-0.4, -0.2) is 19.2 Å². The molecule has 0 aliphatic carbocycles. The van der Waals surface area contributed by atoms with Gasteiger partial charge in [0.25, 0.3) is 0 Å². The van der Waals surface area contributed by atoms with Crippen LogP contribution < -0.4 is 14.8 Å². The van der Waals surface area contributed by atoms with Crippen LogP contribution in [0.25, 0.3) is 0 Å². The number of aryl methyl sites for hydroxylation is 1. The quantitative estimate of drug-likeness (QED) is 0.919. The van der Waals surface area contributed by atoms with Crippen molar-refractivity contribution in [3.63, 3.8) is 0 Å². The summed E-state index contributed by atoms with van der Waals surface area (Å²) in [6.45, 7) is 3.89. The van der Waals surface area contributed by atoms with E-state index in [1.165, 1.54) is 0 Å². The van der Waals surface area contributed by atoms with Crippen LogP contribution in [0.5, 0.6) is 17.2 Å². The average molecular weight is 304 g/mol. The summed E-state index contributed by atoms with van der Waals surface area (Å²) in [7, 11) is 0. The van der Waals surface area contributed by atoms with Gasteiger partial charge in [0, 0.05) is 17.6 Å². The SMILES string of the molecule is Cc1cccc(Oc2cc(Cl)ccc2OC2CCNC2)c1. The summed E-state index contributed by atoms with van der Waals surface area (Å²) in [4.78, 5) is 0. The topological polar surface area (TPSA) is 30.5 Å². The van der Waals surface area contributed by atoms with Crippen molar-refractivity contribution in [2.45, 2.75) is 19.4 Å². The molecule has 4 heteroatoms. The lowest BCUT2D eigenvalue weighted by atomic mass is 10.2. The Kier molecular flexibility index (Phi) is 4.32. The van der Waals surface area contributed by atoms with Crippen LogP contribution in [0.2, 0.25) is 5.02 Å². The van der Waals surface area contributed by atoms with Gasteiger partial charge in [0.15, 0.2) is 11.5 Å². The van der Waals surface area contributed by atoms with Gasteiger partial charge in [-0.3, -0.25) is 0 Å². The predicted octanol–water partition coefficient (Wildman–Crippen LogP) is 4.18. The number of ether oxygens (including phenoxy) is 2. The Hall–Kier alpha value is -1.71. The Morgan fingerprint density at radius 1 is 1.14 bits per heavy atom. The summed E-state index contributed by atoms with van der Waals surface area (Å²) in [5.74, 6) is 2.17. The lowest BCUT2D eigenvalue weighted by Crippen LogP contribution is -2.19. The first kappa shape index (κ1) is 14.2. The van der Waals surface area contributed by atoms with E-state index in [-0.39, 0.29) is 6.10 Å². The predicted molar refractivity (Wildman–Crippen MR) is 84.6 cm³/mol. The van der Waals surface area contributed by atoms with Gasteiger partial charge < -0.3 is 14.8 Å². The first-order valence-electron chi connectivity index (χ1n) is 7.12. The van der Waals surface area contributed by atoms with Crippen molar-refractivity contribution >= 4 is 11.6 Å². The van der Waals surface area contributed by atoms with E-state index in [0.29, 0.717) is 10.8 Å². The van der Waals surface area contributed by atoms with E-state index in [2.05, 4.69) is 5.32 Å². The molecule has 0 amide bonds. The van der Waals surface area contributed by atoms with Gasteiger partial charge in [0.05, 0.1) is 0 Å². The fourth-order valence-corrected chi connectivity index (χ4v) is 2.54. The number of halogens is 1. The van der Waals surface area contributed by atoms with Gasteiger partial charge in [-0.05, 0) is 49.7 Å². The third kappa shape index (κ3) is 3.69. The smallest absolute Gasteiger partial charge is 0.170 e. The fourth-order valence-electron chi connectivity index (χ4n) is 2.37. The van der Waals surface area contributed by atoms with Crippen LogP contribution in [-0.2, 0) is 0 Å². The molecule has 1 saturated heterocycles. The van der Waals surface area contributed by atoms with Crippen LogP contribution in [0.1, 0.15) is 12.0 Å². The summed E-state index contributed by atoms with van der Waals surface area (Å²) >= 11 is 6.08. The van der Waals surface area contributed by atoms with Crippen molar-refractivity contribution in [1.82, 2.24) is 5.32 Å². The molecule has 1 aliphatic heterocycles. The highest BCUT2D eigenvalue weighted by atomic mass is 35.5. The Morgan fingerprint density at radius 2 is 2.05 bits per heavy atom. The maximum Gasteiger partial charge on any atom is 0.170 e. The van der Waals surface area contributed by atoms with Crippen LogP contribution >= 0.6 is 11.6 Å². The molecule has 1 N–H and O–H groups in total. The monoisotopic (exact) mass is 303 g/mol. The molecule has 1 aliphatic rings. The summed E-state index contributed by atoms with van der Waals surface area (Å²) < 4.78 is 12.0. The first-order chi connectivity index (χ1) is 10.2. The largest absolute Gasteiger partial charge is 0.485 e. The van der Waals surface area contributed by atoms with Crippen molar-refractivity contribution in [2.75, 3.05) is 13.1 Å². The number of hydrogen-bond donors (Lipinski definition) is 1. The van der Waals surface area contributed by atoms with Gasteiger partial charge in [0.2, 0.25) is 0 Å².